The zero-order valence-electron chi connectivity index (χ0n) is 24.4. The lowest BCUT2D eigenvalue weighted by atomic mass is 10.00. The van der Waals surface area contributed by atoms with E-state index in [0.717, 1.165) is 5.56 Å². The molecule has 0 unspecified atom stereocenters. The van der Waals surface area contributed by atoms with Crippen LogP contribution in [0.1, 0.15) is 50.3 Å². The lowest BCUT2D eigenvalue weighted by molar-refractivity contribution is -0.307. The average molecular weight is 626 g/mol. The van der Waals surface area contributed by atoms with Gasteiger partial charge in [-0.05, 0) is 71.8 Å². The Kier molecular flexibility index (Phi) is 10.7. The van der Waals surface area contributed by atoms with E-state index >= 15 is 0 Å². The van der Waals surface area contributed by atoms with Crippen molar-refractivity contribution in [2.75, 3.05) is 0 Å². The number of carboxylic acids is 1. The molecule has 3 aromatic carbocycles. The van der Waals surface area contributed by atoms with Crippen LogP contribution < -0.4 is 9.83 Å². The monoisotopic (exact) mass is 625 g/mol. The van der Waals surface area contributed by atoms with Crippen LogP contribution in [-0.4, -0.2) is 41.4 Å². The summed E-state index contributed by atoms with van der Waals surface area (Å²) in [4.78, 5) is 10.9. The summed E-state index contributed by atoms with van der Waals surface area (Å²) in [5.41, 5.74) is 2.75. The van der Waals surface area contributed by atoms with Gasteiger partial charge in [0.25, 0.3) is 0 Å². The molecule has 44 heavy (non-hydrogen) atoms. The van der Waals surface area contributed by atoms with Crippen molar-refractivity contribution in [3.63, 3.8) is 0 Å². The van der Waals surface area contributed by atoms with Gasteiger partial charge in [0.15, 0.2) is 0 Å². The Morgan fingerprint density at radius 3 is 2.00 bits per heavy atom. The number of halogens is 2. The molecule has 1 heterocycles. The van der Waals surface area contributed by atoms with Gasteiger partial charge < -0.3 is 24.7 Å². The van der Waals surface area contributed by atoms with Crippen molar-refractivity contribution in [2.24, 2.45) is 0 Å². The summed E-state index contributed by atoms with van der Waals surface area (Å²) in [6, 6.07) is 20.0. The van der Waals surface area contributed by atoms with Gasteiger partial charge in [0.05, 0.1) is 17.9 Å². The minimum absolute atomic E-state index is 0.00959. The maximum atomic E-state index is 14.2. The van der Waals surface area contributed by atoms with Gasteiger partial charge in [-0.2, -0.15) is 0 Å². The lowest BCUT2D eigenvalue weighted by Crippen LogP contribution is -2.29. The molecule has 0 saturated carbocycles. The van der Waals surface area contributed by atoms with E-state index in [1.165, 1.54) is 48.5 Å². The SMILES string of the molecule is CC(C)c1c(S(=O)(=O)NCc2ccccc2)c(-c2ccc(F)cc2)c(-c2ccc(F)cc2)n1CC[C@@H](O)C[C@@H](O)CC(=O)[O-]. The molecule has 234 valence electrons. The number of aliphatic hydroxyl groups excluding tert-OH is 2. The Morgan fingerprint density at radius 2 is 1.45 bits per heavy atom. The molecule has 0 aliphatic rings. The lowest BCUT2D eigenvalue weighted by Gasteiger charge is -2.20. The average Bonchev–Trinajstić information content (AvgIpc) is 3.32. The van der Waals surface area contributed by atoms with E-state index in [0.29, 0.717) is 22.5 Å². The van der Waals surface area contributed by atoms with Gasteiger partial charge in [0, 0.05) is 36.7 Å². The Morgan fingerprint density at radius 1 is 0.886 bits per heavy atom. The van der Waals surface area contributed by atoms with Crippen LogP contribution in [0.4, 0.5) is 8.78 Å². The largest absolute Gasteiger partial charge is 0.550 e. The third-order valence-corrected chi connectivity index (χ3v) is 8.74. The second-order valence-corrected chi connectivity index (χ2v) is 12.7. The number of aliphatic carboxylic acids is 1. The fraction of sp³-hybridized carbons (Fsp3) is 0.303. The second-order valence-electron chi connectivity index (χ2n) is 11.0. The molecule has 0 aliphatic carbocycles. The highest BCUT2D eigenvalue weighted by molar-refractivity contribution is 7.89. The standard InChI is InChI=1S/C33H36F2N2O6S/c1-21(2)31-33(44(42,43)36-20-22-6-4-3-5-7-22)30(23-8-12-25(34)13-9-23)32(24-10-14-26(35)15-11-24)37(31)17-16-27(38)18-28(39)19-29(40)41/h3-15,21,27-28,36,38-39H,16-20H2,1-2H3,(H,40,41)/p-1/t27-,28-/m1/s1. The molecule has 0 spiro atoms. The number of carbonyl (C=O) groups is 1. The first-order chi connectivity index (χ1) is 20.9. The van der Waals surface area contributed by atoms with Crippen LogP contribution in [-0.2, 0) is 27.9 Å². The van der Waals surface area contributed by atoms with Crippen molar-refractivity contribution in [3.05, 3.63) is 102 Å². The zero-order chi connectivity index (χ0) is 32.0. The van der Waals surface area contributed by atoms with Crippen molar-refractivity contribution in [1.29, 1.82) is 0 Å². The number of carboxylic acid groups (broad SMARTS) is 1. The molecular weight excluding hydrogens is 590 g/mol. The highest BCUT2D eigenvalue weighted by Gasteiger charge is 2.34. The molecule has 1 aromatic heterocycles. The Balaban J connectivity index is 1.92. The van der Waals surface area contributed by atoms with Crippen LogP contribution in [0.25, 0.3) is 22.4 Å². The fourth-order valence-corrected chi connectivity index (χ4v) is 6.92. The molecule has 0 fully saturated rings. The second kappa shape index (κ2) is 14.3. The van der Waals surface area contributed by atoms with Gasteiger partial charge in [-0.3, -0.25) is 0 Å². The van der Waals surface area contributed by atoms with Crippen molar-refractivity contribution in [3.8, 4) is 22.4 Å². The molecule has 4 rings (SSSR count). The molecule has 0 amide bonds. The smallest absolute Gasteiger partial charge is 0.243 e. The molecule has 8 nitrogen and oxygen atoms in total. The molecule has 11 heteroatoms. The van der Waals surface area contributed by atoms with Gasteiger partial charge >= 0.3 is 0 Å². The molecule has 0 bridgehead atoms. The number of benzene rings is 3. The van der Waals surface area contributed by atoms with Crippen molar-refractivity contribution < 1.29 is 37.3 Å². The van der Waals surface area contributed by atoms with Gasteiger partial charge in [-0.15, -0.1) is 0 Å². The van der Waals surface area contributed by atoms with E-state index in [1.54, 1.807) is 28.8 Å². The van der Waals surface area contributed by atoms with E-state index < -0.39 is 46.3 Å². The predicted octanol–water partition coefficient (Wildman–Crippen LogP) is 4.34. The minimum Gasteiger partial charge on any atom is -0.550 e. The molecule has 0 aliphatic heterocycles. The third kappa shape index (κ3) is 7.97. The Hall–Kier alpha value is -3.90. The minimum atomic E-state index is -4.23. The summed E-state index contributed by atoms with van der Waals surface area (Å²) in [6.45, 7) is 3.73. The number of rotatable bonds is 14. The number of nitrogens with zero attached hydrogens (tertiary/aromatic N) is 1. The quantitative estimate of drug-likeness (QED) is 0.191. The summed E-state index contributed by atoms with van der Waals surface area (Å²) in [5.74, 6) is -2.82. The van der Waals surface area contributed by atoms with Gasteiger partial charge in [-0.25, -0.2) is 21.9 Å². The van der Waals surface area contributed by atoms with Crippen LogP contribution in [0.3, 0.4) is 0 Å². The number of aromatic nitrogens is 1. The van der Waals surface area contributed by atoms with Crippen LogP contribution in [0.5, 0.6) is 0 Å². The van der Waals surface area contributed by atoms with E-state index in [9.17, 15) is 37.3 Å². The number of carbonyl (C=O) groups excluding carboxylic acids is 1. The highest BCUT2D eigenvalue weighted by atomic mass is 32.2. The van der Waals surface area contributed by atoms with Crippen molar-refractivity contribution >= 4 is 16.0 Å². The number of hydrogen-bond acceptors (Lipinski definition) is 6. The third-order valence-electron chi connectivity index (χ3n) is 7.26. The number of aliphatic hydroxyl groups is 2. The summed E-state index contributed by atoms with van der Waals surface area (Å²) in [6.07, 6.45) is -3.28. The topological polar surface area (TPSA) is 132 Å². The number of nitrogens with one attached hydrogen (secondary N) is 1. The maximum absolute atomic E-state index is 14.2. The molecular formula is C33H35F2N2O6S-. The predicted molar refractivity (Wildman–Crippen MR) is 161 cm³/mol. The van der Waals surface area contributed by atoms with Gasteiger partial charge in [0.2, 0.25) is 10.0 Å². The number of sulfonamides is 1. The van der Waals surface area contributed by atoms with Crippen LogP contribution in [0, 0.1) is 11.6 Å². The first kappa shape index (κ1) is 33.0. The van der Waals surface area contributed by atoms with Crippen molar-refractivity contribution in [1.82, 2.24) is 9.29 Å². The summed E-state index contributed by atoms with van der Waals surface area (Å²) in [5, 5.41) is 31.6. The van der Waals surface area contributed by atoms with Crippen LogP contribution in [0.15, 0.2) is 83.8 Å². The van der Waals surface area contributed by atoms with E-state index in [1.807, 2.05) is 19.9 Å². The summed E-state index contributed by atoms with van der Waals surface area (Å²) in [7, 11) is -4.23. The van der Waals surface area contributed by atoms with Gasteiger partial charge in [0.1, 0.15) is 16.5 Å². The van der Waals surface area contributed by atoms with Crippen molar-refractivity contribution in [2.45, 2.75) is 69.2 Å². The Bertz CT molecular complexity index is 1670. The fourth-order valence-electron chi connectivity index (χ4n) is 5.32. The van der Waals surface area contributed by atoms with Gasteiger partial charge in [-0.1, -0.05) is 56.3 Å². The van der Waals surface area contributed by atoms with E-state index in [4.69, 9.17) is 0 Å². The summed E-state index contributed by atoms with van der Waals surface area (Å²) < 4.78 is 61.0. The maximum Gasteiger partial charge on any atom is 0.243 e. The first-order valence-corrected chi connectivity index (χ1v) is 15.7. The normalized spacial score (nSPS) is 13.2. The Labute approximate surface area is 255 Å². The first-order valence-electron chi connectivity index (χ1n) is 14.2. The van der Waals surface area contributed by atoms with Crippen LogP contribution >= 0.6 is 0 Å². The van der Waals surface area contributed by atoms with E-state index in [2.05, 4.69) is 4.72 Å². The summed E-state index contributed by atoms with van der Waals surface area (Å²) >= 11 is 0. The van der Waals surface area contributed by atoms with Crippen LogP contribution in [0.2, 0.25) is 0 Å². The number of hydrogen-bond donors (Lipinski definition) is 3. The zero-order valence-corrected chi connectivity index (χ0v) is 25.2. The molecule has 2 atom stereocenters. The van der Waals surface area contributed by atoms with E-state index in [-0.39, 0.29) is 42.3 Å². The molecule has 0 radical (unpaired) electrons. The molecule has 4 aromatic rings. The highest BCUT2D eigenvalue weighted by Crippen LogP contribution is 2.44. The molecule has 0 saturated heterocycles. The molecule has 3 N–H and O–H groups in total.